The molecule has 0 radical (unpaired) electrons. The standard InChI is InChI=1S/C8H17NO3/c1-7(8(11)12)6-9(2)4-3-5-10/h7,10H,3-6H2,1-2H3,(H,11,12). The van der Waals surface area contributed by atoms with Crippen molar-refractivity contribution in [2.45, 2.75) is 13.3 Å². The molecule has 1 atom stereocenters. The van der Waals surface area contributed by atoms with Crippen LogP contribution in [0.15, 0.2) is 0 Å². The molecule has 0 bridgehead atoms. The van der Waals surface area contributed by atoms with Gasteiger partial charge in [-0.05, 0) is 13.5 Å². The molecule has 1 unspecified atom stereocenters. The molecule has 2 N–H and O–H groups in total. The zero-order chi connectivity index (χ0) is 9.56. The molecule has 0 spiro atoms. The predicted molar refractivity (Wildman–Crippen MR) is 46.0 cm³/mol. The lowest BCUT2D eigenvalue weighted by Gasteiger charge is -2.17. The third-order valence-electron chi connectivity index (χ3n) is 1.71. The first kappa shape index (κ1) is 11.4. The van der Waals surface area contributed by atoms with Gasteiger partial charge >= 0.3 is 5.97 Å². The number of aliphatic hydroxyl groups excluding tert-OH is 1. The van der Waals surface area contributed by atoms with Gasteiger partial charge in [-0.25, -0.2) is 0 Å². The summed E-state index contributed by atoms with van der Waals surface area (Å²) in [6.45, 7) is 3.12. The zero-order valence-electron chi connectivity index (χ0n) is 7.66. The molecule has 0 saturated carbocycles. The predicted octanol–water partition coefficient (Wildman–Crippen LogP) is 0.0213. The number of hydrogen-bond acceptors (Lipinski definition) is 3. The Morgan fingerprint density at radius 1 is 1.58 bits per heavy atom. The van der Waals surface area contributed by atoms with Crippen LogP contribution in [-0.2, 0) is 4.79 Å². The van der Waals surface area contributed by atoms with E-state index in [2.05, 4.69) is 0 Å². The highest BCUT2D eigenvalue weighted by Gasteiger charge is 2.12. The highest BCUT2D eigenvalue weighted by Crippen LogP contribution is 1.98. The molecule has 72 valence electrons. The van der Waals surface area contributed by atoms with Gasteiger partial charge in [0.25, 0.3) is 0 Å². The summed E-state index contributed by atoms with van der Waals surface area (Å²) in [6.07, 6.45) is 0.697. The van der Waals surface area contributed by atoms with Crippen LogP contribution < -0.4 is 0 Å². The van der Waals surface area contributed by atoms with E-state index in [0.717, 1.165) is 6.54 Å². The fourth-order valence-corrected chi connectivity index (χ4v) is 0.978. The first-order valence-corrected chi connectivity index (χ1v) is 4.10. The molecule has 0 aliphatic rings. The van der Waals surface area contributed by atoms with Crippen LogP contribution in [0.2, 0.25) is 0 Å². The van der Waals surface area contributed by atoms with Gasteiger partial charge in [0.1, 0.15) is 0 Å². The van der Waals surface area contributed by atoms with Crippen molar-refractivity contribution in [3.63, 3.8) is 0 Å². The first-order valence-electron chi connectivity index (χ1n) is 4.10. The number of nitrogens with zero attached hydrogens (tertiary/aromatic N) is 1. The minimum absolute atomic E-state index is 0.159. The Morgan fingerprint density at radius 3 is 2.58 bits per heavy atom. The zero-order valence-corrected chi connectivity index (χ0v) is 7.66. The van der Waals surface area contributed by atoms with Gasteiger partial charge in [0.05, 0.1) is 5.92 Å². The normalized spacial score (nSPS) is 13.3. The Bertz CT molecular complexity index is 138. The molecule has 0 aromatic carbocycles. The van der Waals surface area contributed by atoms with Gasteiger partial charge in [0.15, 0.2) is 0 Å². The lowest BCUT2D eigenvalue weighted by Crippen LogP contribution is -2.29. The van der Waals surface area contributed by atoms with Crippen LogP contribution in [0.1, 0.15) is 13.3 Å². The molecule has 4 nitrogen and oxygen atoms in total. The van der Waals surface area contributed by atoms with E-state index in [1.54, 1.807) is 6.92 Å². The number of carbonyl (C=O) groups is 1. The molecule has 0 aromatic heterocycles. The van der Waals surface area contributed by atoms with Gasteiger partial charge in [-0.15, -0.1) is 0 Å². The number of rotatable bonds is 6. The maximum absolute atomic E-state index is 10.4. The molecule has 0 rings (SSSR count). The van der Waals surface area contributed by atoms with Crippen molar-refractivity contribution in [3.05, 3.63) is 0 Å². The van der Waals surface area contributed by atoms with E-state index in [0.29, 0.717) is 13.0 Å². The average molecular weight is 175 g/mol. The Hall–Kier alpha value is -0.610. The van der Waals surface area contributed by atoms with Crippen molar-refractivity contribution in [1.82, 2.24) is 4.90 Å². The second-order valence-corrected chi connectivity index (χ2v) is 3.08. The van der Waals surface area contributed by atoms with Crippen molar-refractivity contribution in [3.8, 4) is 0 Å². The second kappa shape index (κ2) is 5.97. The highest BCUT2D eigenvalue weighted by molar-refractivity contribution is 5.69. The third-order valence-corrected chi connectivity index (χ3v) is 1.71. The van der Waals surface area contributed by atoms with Gasteiger partial charge in [-0.3, -0.25) is 4.79 Å². The smallest absolute Gasteiger partial charge is 0.307 e. The van der Waals surface area contributed by atoms with Crippen LogP contribution in [0, 0.1) is 5.92 Å². The van der Waals surface area contributed by atoms with Crippen molar-refractivity contribution in [2.24, 2.45) is 5.92 Å². The minimum Gasteiger partial charge on any atom is -0.481 e. The summed E-state index contributed by atoms with van der Waals surface area (Å²) in [5.74, 6) is -1.11. The number of hydrogen-bond donors (Lipinski definition) is 2. The van der Waals surface area contributed by atoms with Crippen LogP contribution in [0.4, 0.5) is 0 Å². The van der Waals surface area contributed by atoms with Gasteiger partial charge in [0, 0.05) is 19.7 Å². The van der Waals surface area contributed by atoms with Crippen molar-refractivity contribution in [1.29, 1.82) is 0 Å². The summed E-state index contributed by atoms with van der Waals surface area (Å²) < 4.78 is 0. The molecule has 0 amide bonds. The summed E-state index contributed by atoms with van der Waals surface area (Å²) in [5, 5.41) is 17.1. The van der Waals surface area contributed by atoms with E-state index in [-0.39, 0.29) is 12.5 Å². The summed E-state index contributed by atoms with van der Waals surface area (Å²) in [4.78, 5) is 12.3. The average Bonchev–Trinajstić information content (AvgIpc) is 2.00. The summed E-state index contributed by atoms with van der Waals surface area (Å²) in [7, 11) is 1.86. The van der Waals surface area contributed by atoms with Gasteiger partial charge in [0.2, 0.25) is 0 Å². The first-order chi connectivity index (χ1) is 5.57. The van der Waals surface area contributed by atoms with Crippen molar-refractivity contribution in [2.75, 3.05) is 26.7 Å². The van der Waals surface area contributed by atoms with E-state index in [1.807, 2.05) is 11.9 Å². The SMILES string of the molecule is CC(CN(C)CCCO)C(=O)O. The number of carboxylic acid groups (broad SMARTS) is 1. The lowest BCUT2D eigenvalue weighted by atomic mass is 10.2. The number of carboxylic acids is 1. The number of aliphatic carboxylic acids is 1. The van der Waals surface area contributed by atoms with Crippen molar-refractivity contribution >= 4 is 5.97 Å². The second-order valence-electron chi connectivity index (χ2n) is 3.08. The van der Waals surface area contributed by atoms with E-state index >= 15 is 0 Å². The third kappa shape index (κ3) is 5.09. The van der Waals surface area contributed by atoms with Crippen LogP contribution in [0.25, 0.3) is 0 Å². The highest BCUT2D eigenvalue weighted by atomic mass is 16.4. The largest absolute Gasteiger partial charge is 0.481 e. The Balaban J connectivity index is 3.53. The summed E-state index contributed by atoms with van der Waals surface area (Å²) in [6, 6.07) is 0. The lowest BCUT2D eigenvalue weighted by molar-refractivity contribution is -0.141. The molecule has 12 heavy (non-hydrogen) atoms. The molecule has 0 aliphatic carbocycles. The molecule has 0 heterocycles. The molecule has 0 aliphatic heterocycles. The topological polar surface area (TPSA) is 60.8 Å². The molecular weight excluding hydrogens is 158 g/mol. The quantitative estimate of drug-likeness (QED) is 0.597. The van der Waals surface area contributed by atoms with Gasteiger partial charge in [-0.2, -0.15) is 0 Å². The van der Waals surface area contributed by atoms with Gasteiger partial charge in [-0.1, -0.05) is 6.92 Å². The maximum atomic E-state index is 10.4. The van der Waals surface area contributed by atoms with Gasteiger partial charge < -0.3 is 15.1 Å². The fraction of sp³-hybridized carbons (Fsp3) is 0.875. The fourth-order valence-electron chi connectivity index (χ4n) is 0.978. The molecule has 0 saturated heterocycles. The molecular formula is C8H17NO3. The monoisotopic (exact) mass is 175 g/mol. The van der Waals surface area contributed by atoms with Crippen LogP contribution in [0.5, 0.6) is 0 Å². The van der Waals surface area contributed by atoms with Crippen LogP contribution >= 0.6 is 0 Å². The van der Waals surface area contributed by atoms with Crippen molar-refractivity contribution < 1.29 is 15.0 Å². The molecule has 0 aromatic rings. The van der Waals surface area contributed by atoms with Crippen LogP contribution in [-0.4, -0.2) is 47.8 Å². The van der Waals surface area contributed by atoms with E-state index in [9.17, 15) is 4.79 Å². The van der Waals surface area contributed by atoms with Crippen LogP contribution in [0.3, 0.4) is 0 Å². The van der Waals surface area contributed by atoms with E-state index < -0.39 is 5.97 Å². The van der Waals surface area contributed by atoms with E-state index in [1.165, 1.54) is 0 Å². The molecule has 4 heteroatoms. The Morgan fingerprint density at radius 2 is 2.17 bits per heavy atom. The molecule has 0 fully saturated rings. The maximum Gasteiger partial charge on any atom is 0.307 e. The Kier molecular flexibility index (Phi) is 5.66. The summed E-state index contributed by atoms with van der Waals surface area (Å²) >= 11 is 0. The number of aliphatic hydroxyl groups is 1. The summed E-state index contributed by atoms with van der Waals surface area (Å²) in [5.41, 5.74) is 0. The Labute approximate surface area is 72.8 Å². The minimum atomic E-state index is -0.772. The van der Waals surface area contributed by atoms with E-state index in [4.69, 9.17) is 10.2 Å².